The van der Waals surface area contributed by atoms with Crippen LogP contribution in [-0.4, -0.2) is 17.0 Å². The van der Waals surface area contributed by atoms with Gasteiger partial charge in [0.05, 0.1) is 18.0 Å². The molecule has 5 rings (SSSR count). The van der Waals surface area contributed by atoms with E-state index in [1.54, 1.807) is 24.3 Å². The lowest BCUT2D eigenvalue weighted by Gasteiger charge is -2.32. The van der Waals surface area contributed by atoms with E-state index in [1.165, 1.54) is 5.56 Å². The van der Waals surface area contributed by atoms with Crippen LogP contribution in [0.15, 0.2) is 97.1 Å². The molecule has 1 N–H and O–H groups in total. The summed E-state index contributed by atoms with van der Waals surface area (Å²) < 4.78 is 6.25. The third-order valence-electron chi connectivity index (χ3n) is 7.68. The molecule has 1 aliphatic carbocycles. The smallest absolute Gasteiger partial charge is 0.335 e. The van der Waals surface area contributed by atoms with Crippen LogP contribution in [0.5, 0.6) is 5.75 Å². The molecule has 4 aromatic carbocycles. The zero-order valence-electron chi connectivity index (χ0n) is 23.0. The summed E-state index contributed by atoms with van der Waals surface area (Å²) in [7, 11) is 0. The average molecular weight is 534 g/mol. The zero-order valence-corrected chi connectivity index (χ0v) is 23.0. The number of aromatic carboxylic acids is 1. The monoisotopic (exact) mass is 533 g/mol. The first-order valence-corrected chi connectivity index (χ1v) is 13.9. The van der Waals surface area contributed by atoms with E-state index in [0.29, 0.717) is 19.1 Å². The number of ether oxygens (including phenoxy) is 1. The van der Waals surface area contributed by atoms with E-state index in [1.807, 2.05) is 59.5 Å². The van der Waals surface area contributed by atoms with Gasteiger partial charge in [0, 0.05) is 5.69 Å². The van der Waals surface area contributed by atoms with Crippen molar-refractivity contribution in [1.82, 2.24) is 0 Å². The molecule has 0 aromatic heterocycles. The Morgan fingerprint density at radius 2 is 1.60 bits per heavy atom. The summed E-state index contributed by atoms with van der Waals surface area (Å²) in [5.74, 6) is 0.0259. The van der Waals surface area contributed by atoms with E-state index in [4.69, 9.17) is 4.74 Å². The highest BCUT2D eigenvalue weighted by molar-refractivity contribution is 5.98. The molecule has 0 saturated heterocycles. The minimum Gasteiger partial charge on any atom is -0.489 e. The van der Waals surface area contributed by atoms with Gasteiger partial charge in [-0.3, -0.25) is 4.79 Å². The van der Waals surface area contributed by atoms with Crippen LogP contribution in [0, 0.1) is 0 Å². The van der Waals surface area contributed by atoms with Gasteiger partial charge in [0.25, 0.3) is 0 Å². The lowest BCUT2D eigenvalue weighted by atomic mass is 9.81. The van der Waals surface area contributed by atoms with Crippen LogP contribution in [0.2, 0.25) is 0 Å². The number of benzene rings is 4. The first kappa shape index (κ1) is 27.2. The third kappa shape index (κ3) is 6.09. The lowest BCUT2D eigenvalue weighted by molar-refractivity contribution is -0.120. The Hall–Kier alpha value is -4.38. The Bertz CT molecular complexity index is 1460. The van der Waals surface area contributed by atoms with Gasteiger partial charge in [-0.25, -0.2) is 4.79 Å². The summed E-state index contributed by atoms with van der Waals surface area (Å²) in [6, 6.07) is 31.1. The number of anilines is 1. The van der Waals surface area contributed by atoms with Crippen molar-refractivity contribution in [2.75, 3.05) is 4.90 Å². The Kier molecular flexibility index (Phi) is 8.30. The molecular formula is C35H35NO4. The highest BCUT2D eigenvalue weighted by atomic mass is 16.5. The molecule has 0 aliphatic heterocycles. The number of carboxylic acid groups (broad SMARTS) is 1. The molecular weight excluding hydrogens is 498 g/mol. The molecule has 0 bridgehead atoms. The van der Waals surface area contributed by atoms with Crippen LogP contribution in [-0.2, 0) is 24.4 Å². The number of carboxylic acids is 1. The largest absolute Gasteiger partial charge is 0.489 e. The molecule has 0 fully saturated rings. The highest BCUT2D eigenvalue weighted by Crippen LogP contribution is 2.39. The summed E-state index contributed by atoms with van der Waals surface area (Å²) in [5.41, 5.74) is 6.41. The number of rotatable bonds is 9. The van der Waals surface area contributed by atoms with Crippen LogP contribution < -0.4 is 9.64 Å². The van der Waals surface area contributed by atoms with Crippen LogP contribution in [0.1, 0.15) is 76.7 Å². The Morgan fingerprint density at radius 3 is 2.27 bits per heavy atom. The fourth-order valence-electron chi connectivity index (χ4n) is 5.40. The van der Waals surface area contributed by atoms with E-state index in [-0.39, 0.29) is 17.4 Å². The van der Waals surface area contributed by atoms with Gasteiger partial charge in [0.1, 0.15) is 12.4 Å². The van der Waals surface area contributed by atoms with Crippen LogP contribution in [0.3, 0.4) is 0 Å². The highest BCUT2D eigenvalue weighted by Gasteiger charge is 2.32. The van der Waals surface area contributed by atoms with E-state index >= 15 is 0 Å². The van der Waals surface area contributed by atoms with Crippen molar-refractivity contribution in [3.05, 3.63) is 130 Å². The zero-order chi connectivity index (χ0) is 28.1. The van der Waals surface area contributed by atoms with E-state index < -0.39 is 5.97 Å². The fraction of sp³-hybridized carbons (Fsp3) is 0.257. The number of nitrogens with zero attached hydrogens (tertiary/aromatic N) is 1. The van der Waals surface area contributed by atoms with Gasteiger partial charge in [-0.05, 0) is 83.3 Å². The van der Waals surface area contributed by atoms with Gasteiger partial charge in [-0.15, -0.1) is 0 Å². The first-order valence-electron chi connectivity index (χ1n) is 13.9. The van der Waals surface area contributed by atoms with Crippen LogP contribution in [0.4, 0.5) is 5.69 Å². The summed E-state index contributed by atoms with van der Waals surface area (Å²) in [6.45, 7) is 5.14. The van der Waals surface area contributed by atoms with Gasteiger partial charge in [0.2, 0.25) is 5.91 Å². The number of fused-ring (bicyclic) bond motifs is 1. The fourth-order valence-corrected chi connectivity index (χ4v) is 5.40. The maximum absolute atomic E-state index is 14.3. The van der Waals surface area contributed by atoms with Crippen LogP contribution >= 0.6 is 0 Å². The van der Waals surface area contributed by atoms with E-state index in [9.17, 15) is 14.7 Å². The number of carbonyl (C=O) groups is 2. The molecule has 1 atom stereocenters. The van der Waals surface area contributed by atoms with Crippen molar-refractivity contribution in [1.29, 1.82) is 0 Å². The summed E-state index contributed by atoms with van der Waals surface area (Å²) in [6.07, 6.45) is 2.55. The van der Waals surface area contributed by atoms with E-state index in [0.717, 1.165) is 53.0 Å². The molecule has 0 spiro atoms. The lowest BCUT2D eigenvalue weighted by Crippen LogP contribution is -2.36. The molecule has 0 heterocycles. The maximum Gasteiger partial charge on any atom is 0.335 e. The molecule has 0 radical (unpaired) electrons. The Labute approximate surface area is 236 Å². The minimum absolute atomic E-state index is 0.0424. The van der Waals surface area contributed by atoms with Crippen molar-refractivity contribution < 1.29 is 19.4 Å². The van der Waals surface area contributed by atoms with Gasteiger partial charge < -0.3 is 14.7 Å². The van der Waals surface area contributed by atoms with Gasteiger partial charge in [0.15, 0.2) is 0 Å². The first-order chi connectivity index (χ1) is 19.4. The topological polar surface area (TPSA) is 66.8 Å². The second-order valence-corrected chi connectivity index (χ2v) is 10.7. The predicted octanol–water partition coefficient (Wildman–Crippen LogP) is 7.74. The second kappa shape index (κ2) is 12.2. The predicted molar refractivity (Wildman–Crippen MR) is 158 cm³/mol. The van der Waals surface area contributed by atoms with Crippen LogP contribution in [0.25, 0.3) is 0 Å². The number of carbonyl (C=O) groups excluding carboxylic acids is 1. The van der Waals surface area contributed by atoms with Gasteiger partial charge in [-0.2, -0.15) is 0 Å². The SMILES string of the molecule is CC(C)c1ccc(N(Cc2ccc(C(=O)O)cc2)C(=O)C2CCCc3c(OCc4ccccc4)cccc32)cc1. The number of hydrogen-bond donors (Lipinski definition) is 1. The number of amides is 1. The quantitative estimate of drug-likeness (QED) is 0.239. The Balaban J connectivity index is 1.45. The van der Waals surface area contributed by atoms with E-state index in [2.05, 4.69) is 32.0 Å². The standard InChI is InChI=1S/C35H35NO4/c1-24(2)27-18-20-29(21-19-27)36(22-25-14-16-28(17-15-25)35(38)39)34(37)32-12-6-11-31-30(32)10-7-13-33(31)40-23-26-8-4-3-5-9-26/h3-5,7-10,13-21,24,32H,6,11-12,22-23H2,1-2H3,(H,38,39). The summed E-state index contributed by atoms with van der Waals surface area (Å²) in [4.78, 5) is 27.5. The molecule has 1 amide bonds. The Morgan fingerprint density at radius 1 is 0.875 bits per heavy atom. The minimum atomic E-state index is -0.965. The van der Waals surface area contributed by atoms with Crippen molar-refractivity contribution >= 4 is 17.6 Å². The molecule has 40 heavy (non-hydrogen) atoms. The summed E-state index contributed by atoms with van der Waals surface area (Å²) >= 11 is 0. The van der Waals surface area contributed by atoms with Gasteiger partial charge >= 0.3 is 5.97 Å². The molecule has 1 aliphatic rings. The molecule has 1 unspecified atom stereocenters. The summed E-state index contributed by atoms with van der Waals surface area (Å²) in [5, 5.41) is 9.31. The second-order valence-electron chi connectivity index (χ2n) is 10.7. The average Bonchev–Trinajstić information content (AvgIpc) is 2.99. The third-order valence-corrected chi connectivity index (χ3v) is 7.68. The van der Waals surface area contributed by atoms with Crippen molar-refractivity contribution in [3.63, 3.8) is 0 Å². The maximum atomic E-state index is 14.3. The molecule has 4 aromatic rings. The van der Waals surface area contributed by atoms with Crippen molar-refractivity contribution in [3.8, 4) is 5.75 Å². The van der Waals surface area contributed by atoms with Crippen molar-refractivity contribution in [2.45, 2.75) is 58.1 Å². The van der Waals surface area contributed by atoms with Gasteiger partial charge in [-0.1, -0.05) is 80.6 Å². The normalized spacial score (nSPS) is 14.4. The van der Waals surface area contributed by atoms with Crippen molar-refractivity contribution in [2.24, 2.45) is 0 Å². The molecule has 5 heteroatoms. The molecule has 5 nitrogen and oxygen atoms in total. The molecule has 204 valence electrons. The number of hydrogen-bond acceptors (Lipinski definition) is 3. The molecule has 0 saturated carbocycles.